The number of nitrogen functional groups attached to an aromatic ring is 1. The Hall–Kier alpha value is -2.69. The molecule has 1 aliphatic heterocycles. The average Bonchev–Trinajstić information content (AvgIpc) is 2.48. The zero-order valence-corrected chi connectivity index (χ0v) is 14.3. The van der Waals surface area contributed by atoms with Gasteiger partial charge in [0.05, 0.1) is 18.8 Å². The van der Waals surface area contributed by atoms with E-state index in [1.54, 1.807) is 0 Å². The maximum Gasteiger partial charge on any atom is 0.243 e. The first-order valence-corrected chi connectivity index (χ1v) is 8.03. The second-order valence-corrected chi connectivity index (χ2v) is 6.81. The highest BCUT2D eigenvalue weighted by molar-refractivity contribution is 5.95. The standard InChI is InChI=1S/C19H23N3O2/c1-13-6-4-5-7-15(13)21-18(23)11-22-12-19(2,3)24-17-10-14(20)8-9-16(17)22/h4-10H,11-12,20H2,1-3H3,(H,21,23). The summed E-state index contributed by atoms with van der Waals surface area (Å²) in [4.78, 5) is 14.5. The molecular weight excluding hydrogens is 302 g/mol. The Labute approximate surface area is 142 Å². The van der Waals surface area contributed by atoms with Gasteiger partial charge in [0.15, 0.2) is 0 Å². The summed E-state index contributed by atoms with van der Waals surface area (Å²) in [7, 11) is 0. The molecule has 0 saturated heterocycles. The summed E-state index contributed by atoms with van der Waals surface area (Å²) < 4.78 is 6.00. The smallest absolute Gasteiger partial charge is 0.243 e. The number of nitrogens with two attached hydrogens (primary N) is 1. The first-order valence-electron chi connectivity index (χ1n) is 8.03. The van der Waals surface area contributed by atoms with Crippen molar-refractivity contribution in [1.29, 1.82) is 0 Å². The van der Waals surface area contributed by atoms with Crippen LogP contribution >= 0.6 is 0 Å². The summed E-state index contributed by atoms with van der Waals surface area (Å²) in [6.45, 7) is 6.88. The van der Waals surface area contributed by atoms with Crippen LogP contribution in [0.15, 0.2) is 42.5 Å². The number of rotatable bonds is 3. The zero-order valence-electron chi connectivity index (χ0n) is 14.3. The lowest BCUT2D eigenvalue weighted by molar-refractivity contribution is -0.115. The van der Waals surface area contributed by atoms with Crippen molar-refractivity contribution >= 4 is 23.0 Å². The summed E-state index contributed by atoms with van der Waals surface area (Å²) in [6, 6.07) is 13.3. The lowest BCUT2D eigenvalue weighted by Crippen LogP contribution is -2.49. The second kappa shape index (κ2) is 6.07. The van der Waals surface area contributed by atoms with Gasteiger partial charge >= 0.3 is 0 Å². The molecular formula is C19H23N3O2. The summed E-state index contributed by atoms with van der Waals surface area (Å²) in [5.41, 5.74) is 8.90. The van der Waals surface area contributed by atoms with Gasteiger partial charge in [-0.25, -0.2) is 0 Å². The molecule has 0 unspecified atom stereocenters. The highest BCUT2D eigenvalue weighted by atomic mass is 16.5. The van der Waals surface area contributed by atoms with E-state index < -0.39 is 0 Å². The lowest BCUT2D eigenvalue weighted by atomic mass is 10.0. The Morgan fingerprint density at radius 3 is 2.79 bits per heavy atom. The van der Waals surface area contributed by atoms with E-state index >= 15 is 0 Å². The third-order valence-corrected chi connectivity index (χ3v) is 4.04. The van der Waals surface area contributed by atoms with Crippen LogP contribution in [0, 0.1) is 6.92 Å². The van der Waals surface area contributed by atoms with E-state index in [0.717, 1.165) is 22.7 Å². The first-order chi connectivity index (χ1) is 11.3. The Balaban J connectivity index is 1.79. The molecule has 0 radical (unpaired) electrons. The Bertz CT molecular complexity index is 771. The third-order valence-electron chi connectivity index (χ3n) is 4.04. The molecule has 24 heavy (non-hydrogen) atoms. The number of ether oxygens (including phenoxy) is 1. The molecule has 1 amide bonds. The molecule has 5 nitrogen and oxygen atoms in total. The maximum absolute atomic E-state index is 12.5. The third kappa shape index (κ3) is 3.45. The quantitative estimate of drug-likeness (QED) is 0.851. The largest absolute Gasteiger partial charge is 0.484 e. The molecule has 2 aromatic carbocycles. The molecule has 3 N–H and O–H groups in total. The van der Waals surface area contributed by atoms with E-state index in [1.807, 2.05) is 68.1 Å². The van der Waals surface area contributed by atoms with Crippen molar-refractivity contribution in [3.05, 3.63) is 48.0 Å². The van der Waals surface area contributed by atoms with Gasteiger partial charge in [0.25, 0.3) is 0 Å². The van der Waals surface area contributed by atoms with Gasteiger partial charge in [0, 0.05) is 17.4 Å². The highest BCUT2D eigenvalue weighted by Gasteiger charge is 2.32. The van der Waals surface area contributed by atoms with Crippen molar-refractivity contribution in [3.63, 3.8) is 0 Å². The van der Waals surface area contributed by atoms with Crippen LogP contribution < -0.4 is 20.7 Å². The van der Waals surface area contributed by atoms with E-state index in [2.05, 4.69) is 5.32 Å². The van der Waals surface area contributed by atoms with Crippen molar-refractivity contribution in [1.82, 2.24) is 0 Å². The van der Waals surface area contributed by atoms with Gasteiger partial charge < -0.3 is 20.7 Å². The number of amides is 1. The Morgan fingerprint density at radius 1 is 1.29 bits per heavy atom. The van der Waals surface area contributed by atoms with E-state index in [9.17, 15) is 4.79 Å². The predicted octanol–water partition coefficient (Wildman–Crippen LogP) is 3.19. The van der Waals surface area contributed by atoms with Crippen LogP contribution in [0.5, 0.6) is 5.75 Å². The minimum atomic E-state index is -0.385. The molecule has 0 spiro atoms. The Kier molecular flexibility index (Phi) is 4.09. The normalized spacial score (nSPS) is 15.4. The minimum Gasteiger partial charge on any atom is -0.484 e. The number of benzene rings is 2. The lowest BCUT2D eigenvalue weighted by Gasteiger charge is -2.40. The molecule has 5 heteroatoms. The number of para-hydroxylation sites is 1. The van der Waals surface area contributed by atoms with Crippen LogP contribution in [0.25, 0.3) is 0 Å². The molecule has 2 aromatic rings. The molecule has 1 aliphatic rings. The number of carbonyl (C=O) groups is 1. The number of carbonyl (C=O) groups excluding carboxylic acids is 1. The van der Waals surface area contributed by atoms with Crippen LogP contribution in [0.4, 0.5) is 17.1 Å². The number of anilines is 3. The minimum absolute atomic E-state index is 0.0511. The topological polar surface area (TPSA) is 67.6 Å². The van der Waals surface area contributed by atoms with Gasteiger partial charge in [0.2, 0.25) is 5.91 Å². The summed E-state index contributed by atoms with van der Waals surface area (Å²) in [5, 5.41) is 2.98. The van der Waals surface area contributed by atoms with Gasteiger partial charge in [-0.2, -0.15) is 0 Å². The zero-order chi connectivity index (χ0) is 17.3. The number of hydrogen-bond acceptors (Lipinski definition) is 4. The number of fused-ring (bicyclic) bond motifs is 1. The molecule has 0 aromatic heterocycles. The SMILES string of the molecule is Cc1ccccc1NC(=O)CN1CC(C)(C)Oc2cc(N)ccc21. The van der Waals surface area contributed by atoms with Crippen LogP contribution in [0.3, 0.4) is 0 Å². The van der Waals surface area contributed by atoms with Crippen LogP contribution in [-0.2, 0) is 4.79 Å². The van der Waals surface area contributed by atoms with E-state index in [0.29, 0.717) is 12.2 Å². The van der Waals surface area contributed by atoms with Gasteiger partial charge in [0.1, 0.15) is 11.4 Å². The fourth-order valence-corrected chi connectivity index (χ4v) is 2.97. The van der Waals surface area contributed by atoms with Crippen molar-refractivity contribution < 1.29 is 9.53 Å². The Morgan fingerprint density at radius 2 is 2.04 bits per heavy atom. The monoisotopic (exact) mass is 325 g/mol. The molecule has 0 saturated carbocycles. The molecule has 0 atom stereocenters. The molecule has 126 valence electrons. The second-order valence-electron chi connectivity index (χ2n) is 6.81. The van der Waals surface area contributed by atoms with E-state index in [1.165, 1.54) is 0 Å². The van der Waals surface area contributed by atoms with Crippen molar-refractivity contribution in [2.75, 3.05) is 29.0 Å². The van der Waals surface area contributed by atoms with E-state index in [-0.39, 0.29) is 18.1 Å². The highest BCUT2D eigenvalue weighted by Crippen LogP contribution is 2.38. The predicted molar refractivity (Wildman–Crippen MR) is 97.6 cm³/mol. The molecule has 0 fully saturated rings. The number of nitrogens with zero attached hydrogens (tertiary/aromatic N) is 1. The fraction of sp³-hybridized carbons (Fsp3) is 0.316. The maximum atomic E-state index is 12.5. The van der Waals surface area contributed by atoms with Crippen molar-refractivity contribution in [3.8, 4) is 5.75 Å². The van der Waals surface area contributed by atoms with Gasteiger partial charge in [-0.1, -0.05) is 18.2 Å². The summed E-state index contributed by atoms with van der Waals surface area (Å²) >= 11 is 0. The van der Waals surface area contributed by atoms with Crippen LogP contribution in [-0.4, -0.2) is 24.6 Å². The van der Waals surface area contributed by atoms with Crippen molar-refractivity contribution in [2.24, 2.45) is 0 Å². The number of aryl methyl sites for hydroxylation is 1. The van der Waals surface area contributed by atoms with Crippen LogP contribution in [0.1, 0.15) is 19.4 Å². The molecule has 0 bridgehead atoms. The molecule has 1 heterocycles. The van der Waals surface area contributed by atoms with Gasteiger partial charge in [-0.3, -0.25) is 4.79 Å². The summed E-state index contributed by atoms with van der Waals surface area (Å²) in [6.07, 6.45) is 0. The van der Waals surface area contributed by atoms with Crippen molar-refractivity contribution in [2.45, 2.75) is 26.4 Å². The van der Waals surface area contributed by atoms with Gasteiger partial charge in [-0.15, -0.1) is 0 Å². The number of nitrogens with one attached hydrogen (secondary N) is 1. The number of hydrogen-bond donors (Lipinski definition) is 2. The molecule has 0 aliphatic carbocycles. The average molecular weight is 325 g/mol. The van der Waals surface area contributed by atoms with Gasteiger partial charge in [-0.05, 0) is 44.5 Å². The fourth-order valence-electron chi connectivity index (χ4n) is 2.97. The van der Waals surface area contributed by atoms with E-state index in [4.69, 9.17) is 10.5 Å². The summed E-state index contributed by atoms with van der Waals surface area (Å²) in [5.74, 6) is 0.666. The molecule has 3 rings (SSSR count). The first kappa shape index (κ1) is 16.2. The van der Waals surface area contributed by atoms with Crippen LogP contribution in [0.2, 0.25) is 0 Å².